The highest BCUT2D eigenvalue weighted by Crippen LogP contribution is 2.10. The van der Waals surface area contributed by atoms with Crippen LogP contribution in [0.25, 0.3) is 0 Å². The lowest BCUT2D eigenvalue weighted by atomic mass is 10.2. The van der Waals surface area contributed by atoms with Crippen molar-refractivity contribution in [2.24, 2.45) is 0 Å². The summed E-state index contributed by atoms with van der Waals surface area (Å²) in [5, 5.41) is 8.69. The molecule has 1 aromatic rings. The fourth-order valence-corrected chi connectivity index (χ4v) is 2.77. The molecule has 0 aliphatic carbocycles. The van der Waals surface area contributed by atoms with Gasteiger partial charge in [0.2, 0.25) is 0 Å². The second-order valence-corrected chi connectivity index (χ2v) is 5.49. The highest BCUT2D eigenvalue weighted by atomic mass is 32.2. The summed E-state index contributed by atoms with van der Waals surface area (Å²) in [5.74, 6) is -0.631. The van der Waals surface area contributed by atoms with Gasteiger partial charge in [-0.3, -0.25) is 4.79 Å². The SMILES string of the molecule is CCC(NS(=O)(=O)c1cn(CC)c(C)n1)C(=O)O. The van der Waals surface area contributed by atoms with E-state index >= 15 is 0 Å². The second kappa shape index (κ2) is 5.49. The number of carboxylic acid groups (broad SMARTS) is 1. The normalized spacial score (nSPS) is 13.5. The Morgan fingerprint density at radius 1 is 1.56 bits per heavy atom. The first kappa shape index (κ1) is 14.7. The standard InChI is InChI=1S/C10H17N3O4S/c1-4-8(10(14)15)12-18(16,17)9-6-13(5-2)7(3)11-9/h6,8,12H,4-5H2,1-3H3,(H,14,15). The summed E-state index contributed by atoms with van der Waals surface area (Å²) < 4.78 is 27.7. The number of nitrogens with zero attached hydrogens (tertiary/aromatic N) is 2. The van der Waals surface area contributed by atoms with Gasteiger partial charge in [0.15, 0.2) is 5.03 Å². The van der Waals surface area contributed by atoms with E-state index in [1.807, 2.05) is 6.92 Å². The van der Waals surface area contributed by atoms with Gasteiger partial charge in [0.1, 0.15) is 11.9 Å². The summed E-state index contributed by atoms with van der Waals surface area (Å²) in [6.45, 7) is 5.75. The van der Waals surface area contributed by atoms with Gasteiger partial charge in [0.05, 0.1) is 0 Å². The summed E-state index contributed by atoms with van der Waals surface area (Å²) >= 11 is 0. The third kappa shape index (κ3) is 3.08. The number of aryl methyl sites for hydroxylation is 2. The molecule has 0 aromatic carbocycles. The van der Waals surface area contributed by atoms with Crippen molar-refractivity contribution in [2.75, 3.05) is 0 Å². The molecule has 1 unspecified atom stereocenters. The Balaban J connectivity index is 3.02. The molecule has 0 bridgehead atoms. The number of sulfonamides is 1. The molecule has 1 atom stereocenters. The molecule has 0 amide bonds. The fourth-order valence-electron chi connectivity index (χ4n) is 1.48. The predicted octanol–water partition coefficient (Wildman–Crippen LogP) is 0.353. The average Bonchev–Trinajstić information content (AvgIpc) is 2.68. The van der Waals surface area contributed by atoms with E-state index in [1.165, 1.54) is 6.20 Å². The molecule has 1 aromatic heterocycles. The number of carboxylic acids is 1. The zero-order valence-corrected chi connectivity index (χ0v) is 11.4. The lowest BCUT2D eigenvalue weighted by molar-refractivity contribution is -0.139. The summed E-state index contributed by atoms with van der Waals surface area (Å²) in [6, 6.07) is -1.14. The van der Waals surface area contributed by atoms with Crippen molar-refractivity contribution in [3.8, 4) is 0 Å². The van der Waals surface area contributed by atoms with Gasteiger partial charge in [-0.15, -0.1) is 0 Å². The second-order valence-electron chi connectivity index (χ2n) is 3.83. The maximum Gasteiger partial charge on any atom is 0.321 e. The molecule has 8 heteroatoms. The van der Waals surface area contributed by atoms with Crippen molar-refractivity contribution in [1.82, 2.24) is 14.3 Å². The Morgan fingerprint density at radius 2 is 2.17 bits per heavy atom. The lowest BCUT2D eigenvalue weighted by Gasteiger charge is -2.10. The van der Waals surface area contributed by atoms with Crippen LogP contribution in [-0.2, 0) is 21.4 Å². The first-order chi connectivity index (χ1) is 8.31. The Morgan fingerprint density at radius 3 is 2.56 bits per heavy atom. The highest BCUT2D eigenvalue weighted by Gasteiger charge is 2.26. The van der Waals surface area contributed by atoms with Crippen molar-refractivity contribution in [2.45, 2.75) is 44.8 Å². The summed E-state index contributed by atoms with van der Waals surface area (Å²) in [5.41, 5.74) is 0. The van der Waals surface area contributed by atoms with Crippen LogP contribution in [0.5, 0.6) is 0 Å². The molecule has 1 rings (SSSR count). The number of imidazole rings is 1. The molecule has 102 valence electrons. The predicted molar refractivity (Wildman–Crippen MR) is 64.7 cm³/mol. The van der Waals surface area contributed by atoms with Gasteiger partial charge in [0.25, 0.3) is 10.0 Å². The molecule has 1 heterocycles. The van der Waals surface area contributed by atoms with Crippen LogP contribution in [-0.4, -0.2) is 35.1 Å². The molecule has 0 spiro atoms. The van der Waals surface area contributed by atoms with Crippen molar-refractivity contribution in [3.05, 3.63) is 12.0 Å². The van der Waals surface area contributed by atoms with Gasteiger partial charge in [-0.1, -0.05) is 6.92 Å². The van der Waals surface area contributed by atoms with E-state index in [1.54, 1.807) is 18.4 Å². The molecule has 0 aliphatic heterocycles. The Labute approximate surface area is 106 Å². The van der Waals surface area contributed by atoms with E-state index in [-0.39, 0.29) is 11.4 Å². The maximum atomic E-state index is 11.9. The van der Waals surface area contributed by atoms with Crippen molar-refractivity contribution < 1.29 is 18.3 Å². The van der Waals surface area contributed by atoms with Gasteiger partial charge in [-0.25, -0.2) is 13.4 Å². The van der Waals surface area contributed by atoms with Crippen LogP contribution in [0, 0.1) is 6.92 Å². The number of aromatic nitrogens is 2. The molecular formula is C10H17N3O4S. The van der Waals surface area contributed by atoms with Crippen LogP contribution in [0.3, 0.4) is 0 Å². The van der Waals surface area contributed by atoms with Gasteiger partial charge < -0.3 is 9.67 Å². The van der Waals surface area contributed by atoms with Crippen LogP contribution in [0.15, 0.2) is 11.2 Å². The average molecular weight is 275 g/mol. The van der Waals surface area contributed by atoms with E-state index in [0.29, 0.717) is 12.4 Å². The Hall–Kier alpha value is -1.41. The topological polar surface area (TPSA) is 101 Å². The minimum absolute atomic E-state index is 0.151. The number of carbonyl (C=O) groups is 1. The van der Waals surface area contributed by atoms with Crippen LogP contribution >= 0.6 is 0 Å². The van der Waals surface area contributed by atoms with E-state index in [9.17, 15) is 13.2 Å². The van der Waals surface area contributed by atoms with Crippen molar-refractivity contribution in [3.63, 3.8) is 0 Å². The smallest absolute Gasteiger partial charge is 0.321 e. The Bertz CT molecular complexity index is 535. The van der Waals surface area contributed by atoms with Crippen molar-refractivity contribution >= 4 is 16.0 Å². The van der Waals surface area contributed by atoms with E-state index in [2.05, 4.69) is 9.71 Å². The molecule has 0 radical (unpaired) electrons. The minimum atomic E-state index is -3.89. The van der Waals surface area contributed by atoms with E-state index in [4.69, 9.17) is 5.11 Å². The summed E-state index contributed by atoms with van der Waals surface area (Å²) in [7, 11) is -3.89. The third-order valence-electron chi connectivity index (χ3n) is 2.57. The molecule has 0 fully saturated rings. The molecule has 0 saturated carbocycles. The summed E-state index contributed by atoms with van der Waals surface area (Å²) in [4.78, 5) is 14.7. The monoisotopic (exact) mass is 275 g/mol. The van der Waals surface area contributed by atoms with Crippen LogP contribution in [0.4, 0.5) is 0 Å². The zero-order chi connectivity index (χ0) is 13.9. The largest absolute Gasteiger partial charge is 0.480 e. The number of rotatable bonds is 6. The fraction of sp³-hybridized carbons (Fsp3) is 0.600. The van der Waals surface area contributed by atoms with Crippen LogP contribution < -0.4 is 4.72 Å². The molecule has 0 saturated heterocycles. The highest BCUT2D eigenvalue weighted by molar-refractivity contribution is 7.89. The first-order valence-corrected chi connectivity index (χ1v) is 7.09. The minimum Gasteiger partial charge on any atom is -0.480 e. The quantitative estimate of drug-likeness (QED) is 0.780. The lowest BCUT2D eigenvalue weighted by Crippen LogP contribution is -2.40. The number of hydrogen-bond donors (Lipinski definition) is 2. The van der Waals surface area contributed by atoms with Gasteiger partial charge >= 0.3 is 5.97 Å². The molecule has 18 heavy (non-hydrogen) atoms. The number of nitrogens with one attached hydrogen (secondary N) is 1. The molecule has 2 N–H and O–H groups in total. The van der Waals surface area contributed by atoms with E-state index < -0.39 is 22.0 Å². The zero-order valence-electron chi connectivity index (χ0n) is 10.5. The number of aliphatic carboxylic acids is 1. The first-order valence-electron chi connectivity index (χ1n) is 5.60. The Kier molecular flexibility index (Phi) is 4.47. The number of hydrogen-bond acceptors (Lipinski definition) is 4. The summed E-state index contributed by atoms with van der Waals surface area (Å²) in [6.07, 6.45) is 1.56. The third-order valence-corrected chi connectivity index (χ3v) is 3.92. The molecule has 0 aliphatic rings. The van der Waals surface area contributed by atoms with E-state index in [0.717, 1.165) is 0 Å². The van der Waals surface area contributed by atoms with Gasteiger partial charge in [-0.2, -0.15) is 4.72 Å². The van der Waals surface area contributed by atoms with Crippen LogP contribution in [0.2, 0.25) is 0 Å². The molecule has 7 nitrogen and oxygen atoms in total. The van der Waals surface area contributed by atoms with Gasteiger partial charge in [-0.05, 0) is 20.3 Å². The molecular weight excluding hydrogens is 258 g/mol. The maximum absolute atomic E-state index is 11.9. The van der Waals surface area contributed by atoms with Gasteiger partial charge in [0, 0.05) is 12.7 Å². The van der Waals surface area contributed by atoms with Crippen LogP contribution in [0.1, 0.15) is 26.1 Å². The van der Waals surface area contributed by atoms with Crippen molar-refractivity contribution in [1.29, 1.82) is 0 Å².